The third kappa shape index (κ3) is 6.57. The van der Waals surface area contributed by atoms with E-state index < -0.39 is 30.2 Å². The molecular weight excluding hydrogens is 447 g/mol. The summed E-state index contributed by atoms with van der Waals surface area (Å²) in [5.41, 5.74) is 0.865. The van der Waals surface area contributed by atoms with Crippen molar-refractivity contribution in [3.05, 3.63) is 83.6 Å². The molecule has 34 heavy (non-hydrogen) atoms. The van der Waals surface area contributed by atoms with Crippen molar-refractivity contribution >= 4 is 29.1 Å². The van der Waals surface area contributed by atoms with Crippen LogP contribution in [0.1, 0.15) is 42.3 Å². The number of benzene rings is 2. The first-order valence-corrected chi connectivity index (χ1v) is 10.4. The van der Waals surface area contributed by atoms with Crippen LogP contribution >= 0.6 is 0 Å². The molecule has 0 saturated carbocycles. The molecule has 0 fully saturated rings. The Morgan fingerprint density at radius 2 is 1.62 bits per heavy atom. The molecule has 0 bridgehead atoms. The normalized spacial score (nSPS) is 11.6. The van der Waals surface area contributed by atoms with E-state index in [1.165, 1.54) is 30.5 Å². The van der Waals surface area contributed by atoms with Gasteiger partial charge in [-0.05, 0) is 53.4 Å². The molecule has 1 aromatic heterocycles. The van der Waals surface area contributed by atoms with Crippen molar-refractivity contribution in [2.75, 3.05) is 17.2 Å². The van der Waals surface area contributed by atoms with Crippen LogP contribution in [0, 0.1) is 0 Å². The average Bonchev–Trinajstić information content (AvgIpc) is 2.77. The minimum atomic E-state index is -4.51. The molecular formula is C25H24F3N3O3. The van der Waals surface area contributed by atoms with Gasteiger partial charge >= 0.3 is 12.1 Å². The molecule has 0 atom stereocenters. The number of hydrogen-bond acceptors (Lipinski definition) is 5. The summed E-state index contributed by atoms with van der Waals surface area (Å²) in [4.78, 5) is 28.8. The zero-order valence-electron chi connectivity index (χ0n) is 18.9. The van der Waals surface area contributed by atoms with E-state index in [-0.39, 0.29) is 22.5 Å². The summed E-state index contributed by atoms with van der Waals surface area (Å²) in [7, 11) is 0. The largest absolute Gasteiger partial charge is 0.452 e. The monoisotopic (exact) mass is 471 g/mol. The van der Waals surface area contributed by atoms with Crippen molar-refractivity contribution in [1.82, 2.24) is 4.98 Å². The highest BCUT2D eigenvalue weighted by Crippen LogP contribution is 2.31. The summed E-state index contributed by atoms with van der Waals surface area (Å²) in [5, 5.41) is 5.35. The molecule has 178 valence electrons. The van der Waals surface area contributed by atoms with Gasteiger partial charge in [-0.25, -0.2) is 9.78 Å². The maximum absolute atomic E-state index is 13.0. The van der Waals surface area contributed by atoms with Gasteiger partial charge in [-0.2, -0.15) is 13.2 Å². The topological polar surface area (TPSA) is 80.3 Å². The van der Waals surface area contributed by atoms with Gasteiger partial charge < -0.3 is 15.4 Å². The van der Waals surface area contributed by atoms with Crippen LogP contribution in [0.3, 0.4) is 0 Å². The average molecular weight is 471 g/mol. The lowest BCUT2D eigenvalue weighted by molar-refractivity contribution is -0.137. The highest BCUT2D eigenvalue weighted by molar-refractivity contribution is 5.98. The van der Waals surface area contributed by atoms with Crippen molar-refractivity contribution < 1.29 is 27.5 Å². The highest BCUT2D eigenvalue weighted by atomic mass is 19.4. The van der Waals surface area contributed by atoms with Crippen LogP contribution in [0.2, 0.25) is 0 Å². The van der Waals surface area contributed by atoms with Crippen molar-refractivity contribution in [2.24, 2.45) is 0 Å². The summed E-state index contributed by atoms with van der Waals surface area (Å²) >= 11 is 0. The van der Waals surface area contributed by atoms with Gasteiger partial charge in [0.15, 0.2) is 6.61 Å². The second kappa shape index (κ2) is 9.94. The van der Waals surface area contributed by atoms with Crippen LogP contribution in [0.5, 0.6) is 0 Å². The van der Waals surface area contributed by atoms with Crippen LogP contribution in [-0.2, 0) is 21.1 Å². The number of amides is 1. The van der Waals surface area contributed by atoms with Gasteiger partial charge in [0.2, 0.25) is 0 Å². The number of rotatable bonds is 6. The summed E-state index contributed by atoms with van der Waals surface area (Å²) < 4.78 is 44.0. The van der Waals surface area contributed by atoms with Gasteiger partial charge in [-0.15, -0.1) is 0 Å². The predicted octanol–water partition coefficient (Wildman–Crippen LogP) is 5.94. The van der Waals surface area contributed by atoms with Crippen molar-refractivity contribution in [2.45, 2.75) is 32.4 Å². The second-order valence-corrected chi connectivity index (χ2v) is 8.55. The molecule has 0 spiro atoms. The number of nitrogens with zero attached hydrogens (tertiary/aromatic N) is 1. The Morgan fingerprint density at radius 3 is 2.26 bits per heavy atom. The van der Waals surface area contributed by atoms with Crippen LogP contribution in [0.25, 0.3) is 0 Å². The number of carbonyl (C=O) groups excluding carboxylic acids is 2. The third-order valence-corrected chi connectivity index (χ3v) is 4.85. The number of anilines is 3. The van der Waals surface area contributed by atoms with Crippen molar-refractivity contribution in [3.63, 3.8) is 0 Å². The Hall–Kier alpha value is -3.88. The molecule has 3 aromatic rings. The van der Waals surface area contributed by atoms with E-state index in [0.717, 1.165) is 17.7 Å². The number of esters is 1. The van der Waals surface area contributed by atoms with E-state index in [2.05, 4.69) is 36.4 Å². The molecule has 1 heterocycles. The second-order valence-electron chi connectivity index (χ2n) is 8.55. The van der Waals surface area contributed by atoms with Crippen LogP contribution in [0.4, 0.5) is 30.4 Å². The highest BCUT2D eigenvalue weighted by Gasteiger charge is 2.30. The Labute approximate surface area is 195 Å². The molecule has 3 rings (SSSR count). The Morgan fingerprint density at radius 1 is 0.912 bits per heavy atom. The Bertz CT molecular complexity index is 1170. The van der Waals surface area contributed by atoms with E-state index in [4.69, 9.17) is 4.74 Å². The first-order valence-electron chi connectivity index (χ1n) is 10.4. The van der Waals surface area contributed by atoms with E-state index in [1.54, 1.807) is 12.1 Å². The number of ether oxygens (including phenoxy) is 1. The van der Waals surface area contributed by atoms with Gasteiger partial charge in [0.1, 0.15) is 11.4 Å². The zero-order valence-corrected chi connectivity index (χ0v) is 18.9. The maximum atomic E-state index is 13.0. The number of aromatic nitrogens is 1. The van der Waals surface area contributed by atoms with Crippen LogP contribution in [0.15, 0.2) is 66.9 Å². The fourth-order valence-electron chi connectivity index (χ4n) is 3.04. The molecule has 0 aliphatic heterocycles. The summed E-state index contributed by atoms with van der Waals surface area (Å²) in [6.07, 6.45) is -3.13. The van der Waals surface area contributed by atoms with E-state index in [1.807, 2.05) is 12.1 Å². The van der Waals surface area contributed by atoms with Gasteiger partial charge in [0.05, 0.1) is 5.56 Å². The first kappa shape index (κ1) is 24.8. The molecule has 0 radical (unpaired) electrons. The Kier molecular flexibility index (Phi) is 7.24. The minimum absolute atomic E-state index is 0.00463. The van der Waals surface area contributed by atoms with Gasteiger partial charge in [0, 0.05) is 17.6 Å². The molecule has 1 amide bonds. The number of nitrogens with one attached hydrogen (secondary N) is 2. The van der Waals surface area contributed by atoms with Gasteiger partial charge in [-0.1, -0.05) is 39.0 Å². The summed E-state index contributed by atoms with van der Waals surface area (Å²) in [6, 6.07) is 14.7. The predicted molar refractivity (Wildman–Crippen MR) is 123 cm³/mol. The summed E-state index contributed by atoms with van der Waals surface area (Å²) in [5.74, 6) is -1.38. The van der Waals surface area contributed by atoms with Gasteiger partial charge in [-0.3, -0.25) is 4.79 Å². The van der Waals surface area contributed by atoms with E-state index >= 15 is 0 Å². The number of hydrogen-bond donors (Lipinski definition) is 2. The fourth-order valence-corrected chi connectivity index (χ4v) is 3.04. The zero-order chi connectivity index (χ0) is 24.9. The van der Waals surface area contributed by atoms with E-state index in [9.17, 15) is 22.8 Å². The summed E-state index contributed by atoms with van der Waals surface area (Å²) in [6.45, 7) is 5.69. The van der Waals surface area contributed by atoms with Crippen molar-refractivity contribution in [1.29, 1.82) is 0 Å². The van der Waals surface area contributed by atoms with Gasteiger partial charge in [0.25, 0.3) is 5.91 Å². The maximum Gasteiger partial charge on any atom is 0.416 e. The Balaban J connectivity index is 1.63. The molecule has 2 N–H and O–H groups in total. The lowest BCUT2D eigenvalue weighted by Gasteiger charge is -2.19. The molecule has 0 unspecified atom stereocenters. The first-order chi connectivity index (χ1) is 15.9. The van der Waals surface area contributed by atoms with E-state index in [0.29, 0.717) is 5.69 Å². The number of halogens is 3. The molecule has 0 saturated heterocycles. The minimum Gasteiger partial charge on any atom is -0.452 e. The smallest absolute Gasteiger partial charge is 0.416 e. The number of alkyl halides is 3. The molecule has 6 nitrogen and oxygen atoms in total. The quantitative estimate of drug-likeness (QED) is 0.435. The van der Waals surface area contributed by atoms with Crippen LogP contribution in [-0.4, -0.2) is 23.5 Å². The standard InChI is InChI=1S/C25H24F3N3O3/c1-24(2,3)16-9-11-18(12-10-16)30-21(32)15-34-23(33)20-8-5-13-29-22(20)31-19-7-4-6-17(14-19)25(26,27)28/h4-14H,15H2,1-3H3,(H,29,31)(H,30,32). The molecule has 2 aromatic carbocycles. The molecule has 0 aliphatic carbocycles. The number of carbonyl (C=O) groups is 2. The lowest BCUT2D eigenvalue weighted by Crippen LogP contribution is -2.21. The molecule has 9 heteroatoms. The molecule has 0 aliphatic rings. The van der Waals surface area contributed by atoms with Crippen molar-refractivity contribution in [3.8, 4) is 0 Å². The third-order valence-electron chi connectivity index (χ3n) is 4.85. The lowest BCUT2D eigenvalue weighted by atomic mass is 9.87. The number of pyridine rings is 1. The fraction of sp³-hybridized carbons (Fsp3) is 0.240. The van der Waals surface area contributed by atoms with Crippen LogP contribution < -0.4 is 10.6 Å². The SMILES string of the molecule is CC(C)(C)c1ccc(NC(=O)COC(=O)c2cccnc2Nc2cccc(C(F)(F)F)c2)cc1.